The van der Waals surface area contributed by atoms with E-state index in [-0.39, 0.29) is 11.8 Å². The van der Waals surface area contributed by atoms with Gasteiger partial charge in [0.1, 0.15) is 10.8 Å². The number of nitrogens with two attached hydrogens (primary N) is 1. The first kappa shape index (κ1) is 13.9. The molecule has 1 aromatic carbocycles. The van der Waals surface area contributed by atoms with Gasteiger partial charge < -0.3 is 15.5 Å². The predicted octanol–water partition coefficient (Wildman–Crippen LogP) is 2.18. The van der Waals surface area contributed by atoms with Gasteiger partial charge in [-0.15, -0.1) is 0 Å². The summed E-state index contributed by atoms with van der Waals surface area (Å²) < 4.78 is 13.0. The van der Waals surface area contributed by atoms with Crippen molar-refractivity contribution in [2.24, 2.45) is 0 Å². The number of piperazine rings is 1. The van der Waals surface area contributed by atoms with E-state index in [9.17, 15) is 4.39 Å². The van der Waals surface area contributed by atoms with Crippen LogP contribution in [0.1, 0.15) is 0 Å². The van der Waals surface area contributed by atoms with Gasteiger partial charge in [0.15, 0.2) is 5.82 Å². The van der Waals surface area contributed by atoms with Crippen molar-refractivity contribution in [3.8, 4) is 0 Å². The van der Waals surface area contributed by atoms with E-state index in [2.05, 4.69) is 19.8 Å². The first-order chi connectivity index (χ1) is 10.1. The molecule has 110 valence electrons. The Bertz CT molecular complexity index is 626. The Labute approximate surface area is 127 Å². The van der Waals surface area contributed by atoms with E-state index in [0.29, 0.717) is 10.8 Å². The zero-order valence-electron chi connectivity index (χ0n) is 11.3. The lowest BCUT2D eigenvalue weighted by molar-refractivity contribution is 0.624. The SMILES string of the molecule is Nc1ncc(Cl)c(N2CCN(c3ccc(F)cc3)CC2)n1. The minimum Gasteiger partial charge on any atom is -0.368 e. The summed E-state index contributed by atoms with van der Waals surface area (Å²) in [4.78, 5) is 12.4. The molecule has 2 heterocycles. The predicted molar refractivity (Wildman–Crippen MR) is 82.3 cm³/mol. The van der Waals surface area contributed by atoms with Crippen LogP contribution in [-0.4, -0.2) is 36.1 Å². The average molecular weight is 308 g/mol. The van der Waals surface area contributed by atoms with Crippen LogP contribution in [0.2, 0.25) is 5.02 Å². The van der Waals surface area contributed by atoms with Gasteiger partial charge in [0, 0.05) is 31.9 Å². The molecule has 1 fully saturated rings. The summed E-state index contributed by atoms with van der Waals surface area (Å²) >= 11 is 6.12. The molecule has 0 spiro atoms. The van der Waals surface area contributed by atoms with Crippen molar-refractivity contribution in [1.29, 1.82) is 0 Å². The summed E-state index contributed by atoms with van der Waals surface area (Å²) in [6, 6.07) is 6.54. The van der Waals surface area contributed by atoms with Crippen LogP contribution in [-0.2, 0) is 0 Å². The normalized spacial score (nSPS) is 15.3. The summed E-state index contributed by atoms with van der Waals surface area (Å²) in [5.74, 6) is 0.666. The second-order valence-corrected chi connectivity index (χ2v) is 5.26. The monoisotopic (exact) mass is 307 g/mol. The molecule has 1 saturated heterocycles. The maximum atomic E-state index is 13.0. The lowest BCUT2D eigenvalue weighted by Gasteiger charge is -2.37. The molecule has 1 aliphatic rings. The van der Waals surface area contributed by atoms with Crippen molar-refractivity contribution < 1.29 is 4.39 Å². The number of nitrogens with zero attached hydrogens (tertiary/aromatic N) is 4. The van der Waals surface area contributed by atoms with E-state index in [0.717, 1.165) is 31.9 Å². The number of nitrogen functional groups attached to an aromatic ring is 1. The van der Waals surface area contributed by atoms with Crippen molar-refractivity contribution in [1.82, 2.24) is 9.97 Å². The second-order valence-electron chi connectivity index (χ2n) is 4.85. The van der Waals surface area contributed by atoms with Crippen molar-refractivity contribution in [2.75, 3.05) is 41.7 Å². The van der Waals surface area contributed by atoms with Gasteiger partial charge in [-0.25, -0.2) is 9.37 Å². The van der Waals surface area contributed by atoms with Crippen LogP contribution in [0.3, 0.4) is 0 Å². The minimum absolute atomic E-state index is 0.218. The average Bonchev–Trinajstić information content (AvgIpc) is 2.51. The van der Waals surface area contributed by atoms with Crippen LogP contribution in [0.4, 0.5) is 21.8 Å². The molecule has 21 heavy (non-hydrogen) atoms. The largest absolute Gasteiger partial charge is 0.368 e. The summed E-state index contributed by atoms with van der Waals surface area (Å²) in [5.41, 5.74) is 6.63. The molecule has 1 aliphatic heterocycles. The Morgan fingerprint density at radius 2 is 1.67 bits per heavy atom. The quantitative estimate of drug-likeness (QED) is 0.921. The third kappa shape index (κ3) is 3.00. The fourth-order valence-corrected chi connectivity index (χ4v) is 2.63. The highest BCUT2D eigenvalue weighted by Crippen LogP contribution is 2.25. The summed E-state index contributed by atoms with van der Waals surface area (Å²) in [7, 11) is 0. The van der Waals surface area contributed by atoms with Crippen LogP contribution in [0, 0.1) is 5.82 Å². The third-order valence-electron chi connectivity index (χ3n) is 3.52. The molecule has 7 heteroatoms. The van der Waals surface area contributed by atoms with Gasteiger partial charge in [-0.05, 0) is 24.3 Å². The molecule has 2 N–H and O–H groups in total. The van der Waals surface area contributed by atoms with Crippen molar-refractivity contribution >= 4 is 29.1 Å². The summed E-state index contributed by atoms with van der Waals surface area (Å²) in [6.07, 6.45) is 1.52. The number of hydrogen-bond acceptors (Lipinski definition) is 5. The lowest BCUT2D eigenvalue weighted by atomic mass is 10.2. The molecule has 2 aromatic rings. The minimum atomic E-state index is -0.222. The van der Waals surface area contributed by atoms with E-state index in [1.54, 1.807) is 12.1 Å². The molecule has 3 rings (SSSR count). The Morgan fingerprint density at radius 1 is 1.05 bits per heavy atom. The number of hydrogen-bond donors (Lipinski definition) is 1. The summed E-state index contributed by atoms with van der Waals surface area (Å²) in [5, 5.41) is 0.499. The fraction of sp³-hybridized carbons (Fsp3) is 0.286. The number of aromatic nitrogens is 2. The smallest absolute Gasteiger partial charge is 0.222 e. The number of anilines is 3. The van der Waals surface area contributed by atoms with Gasteiger partial charge in [-0.3, -0.25) is 0 Å². The standard InChI is InChI=1S/C14H15ClFN5/c15-12-9-18-14(17)19-13(12)21-7-5-20(6-8-21)11-3-1-10(16)2-4-11/h1-4,9H,5-8H2,(H2,17,18,19). The molecule has 0 atom stereocenters. The van der Waals surface area contributed by atoms with E-state index in [4.69, 9.17) is 17.3 Å². The van der Waals surface area contributed by atoms with Crippen molar-refractivity contribution in [3.63, 3.8) is 0 Å². The van der Waals surface area contributed by atoms with Gasteiger partial charge in [0.25, 0.3) is 0 Å². The van der Waals surface area contributed by atoms with Crippen LogP contribution in [0.25, 0.3) is 0 Å². The Hall–Kier alpha value is -2.08. The Kier molecular flexibility index (Phi) is 3.79. The van der Waals surface area contributed by atoms with Crippen LogP contribution in [0.5, 0.6) is 0 Å². The van der Waals surface area contributed by atoms with Crippen LogP contribution < -0.4 is 15.5 Å². The van der Waals surface area contributed by atoms with E-state index < -0.39 is 0 Å². The molecule has 0 saturated carbocycles. The third-order valence-corrected chi connectivity index (χ3v) is 3.78. The molecule has 5 nitrogen and oxygen atoms in total. The second kappa shape index (κ2) is 5.73. The number of benzene rings is 1. The Morgan fingerprint density at radius 3 is 2.33 bits per heavy atom. The molecule has 0 amide bonds. The molecule has 1 aromatic heterocycles. The maximum Gasteiger partial charge on any atom is 0.222 e. The van der Waals surface area contributed by atoms with Gasteiger partial charge >= 0.3 is 0 Å². The molecular weight excluding hydrogens is 293 g/mol. The van der Waals surface area contributed by atoms with Crippen LogP contribution in [0.15, 0.2) is 30.5 Å². The van der Waals surface area contributed by atoms with E-state index in [1.807, 2.05) is 0 Å². The lowest BCUT2D eigenvalue weighted by Crippen LogP contribution is -2.47. The number of halogens is 2. The van der Waals surface area contributed by atoms with Crippen molar-refractivity contribution in [3.05, 3.63) is 41.3 Å². The zero-order chi connectivity index (χ0) is 14.8. The highest BCUT2D eigenvalue weighted by Gasteiger charge is 2.20. The van der Waals surface area contributed by atoms with E-state index in [1.165, 1.54) is 18.3 Å². The first-order valence-corrected chi connectivity index (χ1v) is 7.05. The topological polar surface area (TPSA) is 58.3 Å². The highest BCUT2D eigenvalue weighted by molar-refractivity contribution is 6.32. The van der Waals surface area contributed by atoms with E-state index >= 15 is 0 Å². The van der Waals surface area contributed by atoms with Gasteiger partial charge in [-0.2, -0.15) is 4.98 Å². The van der Waals surface area contributed by atoms with Gasteiger partial charge in [0.2, 0.25) is 5.95 Å². The molecule has 0 radical (unpaired) electrons. The maximum absolute atomic E-state index is 13.0. The fourth-order valence-electron chi connectivity index (χ4n) is 2.42. The van der Waals surface area contributed by atoms with Crippen molar-refractivity contribution in [2.45, 2.75) is 0 Å². The molecule has 0 bridgehead atoms. The molecular formula is C14H15ClFN5. The molecule has 0 aliphatic carbocycles. The summed E-state index contributed by atoms with van der Waals surface area (Å²) in [6.45, 7) is 3.17. The van der Waals surface area contributed by atoms with Gasteiger partial charge in [0.05, 0.1) is 6.20 Å². The molecule has 0 unspecified atom stereocenters. The number of rotatable bonds is 2. The Balaban J connectivity index is 1.70. The first-order valence-electron chi connectivity index (χ1n) is 6.67. The zero-order valence-corrected chi connectivity index (χ0v) is 12.1. The highest BCUT2D eigenvalue weighted by atomic mass is 35.5. The van der Waals surface area contributed by atoms with Gasteiger partial charge in [-0.1, -0.05) is 11.6 Å². The van der Waals surface area contributed by atoms with Crippen LogP contribution >= 0.6 is 11.6 Å².